The molecule has 0 unspecified atom stereocenters. The summed E-state index contributed by atoms with van der Waals surface area (Å²) in [6.45, 7) is 0.678. The van der Waals surface area contributed by atoms with Crippen LogP contribution in [0.5, 0.6) is 0 Å². The number of hydrogen-bond donors (Lipinski definition) is 1. The standard InChI is InChI=1S/C15H12BrClN4/c16-12-8-14(15(17)19-10-12)18-9-11-2-4-13(5-3-11)21-7-1-6-20-21/h1-8,10,18H,9H2. The lowest BCUT2D eigenvalue weighted by Crippen LogP contribution is -2.01. The van der Waals surface area contributed by atoms with Gasteiger partial charge in [0, 0.05) is 29.6 Å². The topological polar surface area (TPSA) is 42.7 Å². The quantitative estimate of drug-likeness (QED) is 0.703. The van der Waals surface area contributed by atoms with Gasteiger partial charge in [-0.15, -0.1) is 0 Å². The van der Waals surface area contributed by atoms with Crippen molar-refractivity contribution in [3.8, 4) is 5.69 Å². The summed E-state index contributed by atoms with van der Waals surface area (Å²) in [5.41, 5.74) is 3.00. The molecule has 0 radical (unpaired) electrons. The van der Waals surface area contributed by atoms with Gasteiger partial charge < -0.3 is 5.32 Å². The number of aromatic nitrogens is 3. The number of nitrogens with zero attached hydrogens (tertiary/aromatic N) is 3. The fourth-order valence-corrected chi connectivity index (χ4v) is 2.43. The van der Waals surface area contributed by atoms with Crippen molar-refractivity contribution in [2.24, 2.45) is 0 Å². The van der Waals surface area contributed by atoms with Crippen LogP contribution in [0.2, 0.25) is 5.15 Å². The highest BCUT2D eigenvalue weighted by molar-refractivity contribution is 9.10. The van der Waals surface area contributed by atoms with Crippen LogP contribution in [0.3, 0.4) is 0 Å². The molecule has 0 bridgehead atoms. The van der Waals surface area contributed by atoms with Gasteiger partial charge in [-0.05, 0) is 45.8 Å². The molecule has 21 heavy (non-hydrogen) atoms. The number of rotatable bonds is 4. The summed E-state index contributed by atoms with van der Waals surface area (Å²) in [7, 11) is 0. The van der Waals surface area contributed by atoms with Crippen LogP contribution in [0.4, 0.5) is 5.69 Å². The first-order valence-corrected chi connectivity index (χ1v) is 7.53. The summed E-state index contributed by atoms with van der Waals surface area (Å²) < 4.78 is 2.72. The minimum absolute atomic E-state index is 0.464. The van der Waals surface area contributed by atoms with Crippen molar-refractivity contribution in [1.82, 2.24) is 14.8 Å². The molecular formula is C15H12BrClN4. The number of halogens is 2. The average molecular weight is 364 g/mol. The third-order valence-electron chi connectivity index (χ3n) is 2.99. The molecule has 0 atom stereocenters. The van der Waals surface area contributed by atoms with E-state index in [0.717, 1.165) is 21.4 Å². The number of nitrogens with one attached hydrogen (secondary N) is 1. The molecule has 1 aromatic carbocycles. The van der Waals surface area contributed by atoms with Crippen molar-refractivity contribution in [3.05, 3.63) is 70.2 Å². The predicted octanol–water partition coefficient (Wildman–Crippen LogP) is 4.30. The third-order valence-corrected chi connectivity index (χ3v) is 3.73. The zero-order valence-electron chi connectivity index (χ0n) is 11.0. The smallest absolute Gasteiger partial charge is 0.152 e. The molecule has 2 heterocycles. The summed E-state index contributed by atoms with van der Waals surface area (Å²) in [6.07, 6.45) is 5.35. The normalized spacial score (nSPS) is 10.6. The van der Waals surface area contributed by atoms with E-state index in [-0.39, 0.29) is 0 Å². The van der Waals surface area contributed by atoms with Crippen LogP contribution in [-0.2, 0) is 6.54 Å². The van der Waals surface area contributed by atoms with E-state index in [1.54, 1.807) is 12.4 Å². The van der Waals surface area contributed by atoms with Crippen molar-refractivity contribution in [2.45, 2.75) is 6.54 Å². The Bertz CT molecular complexity index is 726. The van der Waals surface area contributed by atoms with Gasteiger partial charge in [-0.25, -0.2) is 9.67 Å². The summed E-state index contributed by atoms with van der Waals surface area (Å²) in [5, 5.41) is 7.94. The molecule has 0 aliphatic rings. The number of hydrogen-bond acceptors (Lipinski definition) is 3. The molecule has 0 saturated carbocycles. The van der Waals surface area contributed by atoms with Gasteiger partial charge in [-0.1, -0.05) is 23.7 Å². The first kappa shape index (κ1) is 14.1. The zero-order valence-corrected chi connectivity index (χ0v) is 13.3. The minimum atomic E-state index is 0.464. The van der Waals surface area contributed by atoms with Gasteiger partial charge >= 0.3 is 0 Å². The van der Waals surface area contributed by atoms with Gasteiger partial charge in [0.15, 0.2) is 5.15 Å². The Labute approximate surface area is 135 Å². The fraction of sp³-hybridized carbons (Fsp3) is 0.0667. The molecular weight excluding hydrogens is 352 g/mol. The molecule has 106 valence electrons. The Balaban J connectivity index is 1.70. The summed E-state index contributed by atoms with van der Waals surface area (Å²) >= 11 is 9.43. The van der Waals surface area contributed by atoms with Crippen LogP contribution in [0.25, 0.3) is 5.69 Å². The maximum atomic E-state index is 6.05. The summed E-state index contributed by atoms with van der Waals surface area (Å²) in [6, 6.07) is 12.0. The van der Waals surface area contributed by atoms with Crippen LogP contribution in [-0.4, -0.2) is 14.8 Å². The Morgan fingerprint density at radius 3 is 2.76 bits per heavy atom. The second-order valence-corrected chi connectivity index (χ2v) is 5.74. The lowest BCUT2D eigenvalue weighted by molar-refractivity contribution is 0.879. The molecule has 0 fully saturated rings. The molecule has 0 spiro atoms. The maximum Gasteiger partial charge on any atom is 0.152 e. The Hall–Kier alpha value is -1.85. The van der Waals surface area contributed by atoms with Crippen LogP contribution in [0.15, 0.2) is 59.5 Å². The van der Waals surface area contributed by atoms with Crippen molar-refractivity contribution >= 4 is 33.2 Å². The largest absolute Gasteiger partial charge is 0.378 e. The van der Waals surface area contributed by atoms with E-state index in [2.05, 4.69) is 43.5 Å². The van der Waals surface area contributed by atoms with Gasteiger partial charge in [-0.3, -0.25) is 0 Å². The van der Waals surface area contributed by atoms with Crippen LogP contribution >= 0.6 is 27.5 Å². The third kappa shape index (κ3) is 3.43. The molecule has 0 amide bonds. The summed E-state index contributed by atoms with van der Waals surface area (Å²) in [4.78, 5) is 4.08. The van der Waals surface area contributed by atoms with Crippen molar-refractivity contribution < 1.29 is 0 Å². The monoisotopic (exact) mass is 362 g/mol. The predicted molar refractivity (Wildman–Crippen MR) is 87.8 cm³/mol. The molecule has 2 aromatic heterocycles. The lowest BCUT2D eigenvalue weighted by atomic mass is 10.2. The molecule has 4 nitrogen and oxygen atoms in total. The highest BCUT2D eigenvalue weighted by Gasteiger charge is 2.03. The van der Waals surface area contributed by atoms with Gasteiger partial charge in [0.05, 0.1) is 11.4 Å². The fourth-order valence-electron chi connectivity index (χ4n) is 1.93. The van der Waals surface area contributed by atoms with Crippen LogP contribution in [0.1, 0.15) is 5.56 Å². The van der Waals surface area contributed by atoms with E-state index in [4.69, 9.17) is 11.6 Å². The Morgan fingerprint density at radius 1 is 1.24 bits per heavy atom. The molecule has 0 aliphatic heterocycles. The van der Waals surface area contributed by atoms with E-state index in [1.165, 1.54) is 0 Å². The van der Waals surface area contributed by atoms with E-state index >= 15 is 0 Å². The Morgan fingerprint density at radius 2 is 2.05 bits per heavy atom. The first-order valence-electron chi connectivity index (χ1n) is 6.36. The Kier molecular flexibility index (Phi) is 4.22. The van der Waals surface area contributed by atoms with E-state index in [9.17, 15) is 0 Å². The molecule has 3 rings (SSSR count). The van der Waals surface area contributed by atoms with E-state index in [0.29, 0.717) is 11.7 Å². The van der Waals surface area contributed by atoms with Crippen molar-refractivity contribution in [2.75, 3.05) is 5.32 Å². The van der Waals surface area contributed by atoms with Crippen LogP contribution in [0, 0.1) is 0 Å². The van der Waals surface area contributed by atoms with Gasteiger partial charge in [0.1, 0.15) is 0 Å². The molecule has 0 saturated heterocycles. The van der Waals surface area contributed by atoms with Gasteiger partial charge in [-0.2, -0.15) is 5.10 Å². The number of pyridine rings is 1. The summed E-state index contributed by atoms with van der Waals surface area (Å²) in [5.74, 6) is 0. The molecule has 1 N–H and O–H groups in total. The highest BCUT2D eigenvalue weighted by Crippen LogP contribution is 2.23. The second-order valence-electron chi connectivity index (χ2n) is 4.46. The second kappa shape index (κ2) is 6.28. The molecule has 6 heteroatoms. The average Bonchev–Trinajstić information content (AvgIpc) is 3.03. The van der Waals surface area contributed by atoms with Crippen molar-refractivity contribution in [1.29, 1.82) is 0 Å². The van der Waals surface area contributed by atoms with Crippen molar-refractivity contribution in [3.63, 3.8) is 0 Å². The highest BCUT2D eigenvalue weighted by atomic mass is 79.9. The van der Waals surface area contributed by atoms with E-state index in [1.807, 2.05) is 35.1 Å². The van der Waals surface area contributed by atoms with Crippen LogP contribution < -0.4 is 5.32 Å². The molecule has 3 aromatic rings. The van der Waals surface area contributed by atoms with Gasteiger partial charge in [0.2, 0.25) is 0 Å². The van der Waals surface area contributed by atoms with E-state index < -0.39 is 0 Å². The maximum absolute atomic E-state index is 6.05. The van der Waals surface area contributed by atoms with Gasteiger partial charge in [0.25, 0.3) is 0 Å². The zero-order chi connectivity index (χ0) is 14.7. The number of anilines is 1. The number of benzene rings is 1. The molecule has 0 aliphatic carbocycles. The lowest BCUT2D eigenvalue weighted by Gasteiger charge is -2.09. The first-order chi connectivity index (χ1) is 10.2. The minimum Gasteiger partial charge on any atom is -0.378 e. The SMILES string of the molecule is Clc1ncc(Br)cc1NCc1ccc(-n2cccn2)cc1.